The van der Waals surface area contributed by atoms with Crippen molar-refractivity contribution in [3.05, 3.63) is 41.2 Å². The number of hydrogen-bond acceptors (Lipinski definition) is 5. The van der Waals surface area contributed by atoms with Crippen LogP contribution in [0.2, 0.25) is 0 Å². The molecule has 3 rings (SSSR count). The monoisotopic (exact) mass is 386 g/mol. The molecule has 1 fully saturated rings. The van der Waals surface area contributed by atoms with Crippen LogP contribution in [-0.4, -0.2) is 71.7 Å². The smallest absolute Gasteiger partial charge is 0.257 e. The van der Waals surface area contributed by atoms with Crippen molar-refractivity contribution in [2.24, 2.45) is 0 Å². The van der Waals surface area contributed by atoms with Crippen molar-refractivity contribution in [2.75, 3.05) is 33.9 Å². The summed E-state index contributed by atoms with van der Waals surface area (Å²) in [5.74, 6) is 1.000. The Bertz CT molecular complexity index is 850. The predicted octanol–water partition coefficient (Wildman–Crippen LogP) is 2.11. The quantitative estimate of drug-likeness (QED) is 0.850. The van der Waals surface area contributed by atoms with Crippen molar-refractivity contribution >= 4 is 11.8 Å². The van der Waals surface area contributed by atoms with Gasteiger partial charge in [0.1, 0.15) is 0 Å². The summed E-state index contributed by atoms with van der Waals surface area (Å²) in [5, 5.41) is 6.51. The zero-order valence-corrected chi connectivity index (χ0v) is 16.7. The fraction of sp³-hybridized carbons (Fsp3) is 0.450. The van der Waals surface area contributed by atoms with Crippen molar-refractivity contribution in [3.63, 3.8) is 0 Å². The summed E-state index contributed by atoms with van der Waals surface area (Å²) in [7, 11) is 3.12. The average molecular weight is 386 g/mol. The van der Waals surface area contributed by atoms with Gasteiger partial charge in [0, 0.05) is 37.4 Å². The lowest BCUT2D eigenvalue weighted by atomic mass is 10.0. The molecule has 0 bridgehead atoms. The number of hydrogen-bond donors (Lipinski definition) is 1. The molecule has 8 heteroatoms. The van der Waals surface area contributed by atoms with Gasteiger partial charge in [-0.2, -0.15) is 5.10 Å². The summed E-state index contributed by atoms with van der Waals surface area (Å²) in [6.07, 6.45) is 3.87. The van der Waals surface area contributed by atoms with Gasteiger partial charge in [0.15, 0.2) is 11.5 Å². The summed E-state index contributed by atoms with van der Waals surface area (Å²) in [6.45, 7) is 5.37. The number of H-pyrrole nitrogens is 1. The highest BCUT2D eigenvalue weighted by atomic mass is 16.5. The number of aromatic amines is 1. The van der Waals surface area contributed by atoms with Gasteiger partial charge in [-0.3, -0.25) is 14.7 Å². The van der Waals surface area contributed by atoms with Crippen LogP contribution < -0.4 is 9.47 Å². The maximum Gasteiger partial charge on any atom is 0.257 e. The first-order valence-electron chi connectivity index (χ1n) is 9.31. The molecule has 8 nitrogen and oxygen atoms in total. The standard InChI is InChI=1S/C20H26N4O4/c1-5-15-12-23(19(25)14-10-21-22-11-14)6-7-24(15)20(26)16-9-18(28-4)17(27-3)8-13(16)2/h8-11,15H,5-7,12H2,1-4H3,(H,21,22). The molecule has 2 aromatic rings. The van der Waals surface area contributed by atoms with Gasteiger partial charge in [-0.15, -0.1) is 0 Å². The number of aromatic nitrogens is 2. The molecule has 0 spiro atoms. The van der Waals surface area contributed by atoms with Crippen molar-refractivity contribution in [1.82, 2.24) is 20.0 Å². The normalized spacial score (nSPS) is 16.8. The van der Waals surface area contributed by atoms with Gasteiger partial charge in [-0.05, 0) is 31.0 Å². The van der Waals surface area contributed by atoms with E-state index in [4.69, 9.17) is 9.47 Å². The summed E-state index contributed by atoms with van der Waals surface area (Å²) in [4.78, 5) is 29.5. The Morgan fingerprint density at radius 1 is 1.18 bits per heavy atom. The van der Waals surface area contributed by atoms with Crippen molar-refractivity contribution < 1.29 is 19.1 Å². The third-order valence-electron chi connectivity index (χ3n) is 5.21. The Hall–Kier alpha value is -3.03. The maximum atomic E-state index is 13.3. The Morgan fingerprint density at radius 3 is 2.50 bits per heavy atom. The second-order valence-corrected chi connectivity index (χ2v) is 6.82. The van der Waals surface area contributed by atoms with Crippen LogP contribution in [0.15, 0.2) is 24.5 Å². The molecule has 1 saturated heterocycles. The Labute approximate surface area is 164 Å². The fourth-order valence-electron chi connectivity index (χ4n) is 3.57. The molecule has 1 atom stereocenters. The van der Waals surface area contributed by atoms with Crippen LogP contribution in [0.1, 0.15) is 39.6 Å². The van der Waals surface area contributed by atoms with E-state index in [1.165, 1.54) is 6.20 Å². The third kappa shape index (κ3) is 3.67. The molecule has 150 valence electrons. The van der Waals surface area contributed by atoms with Gasteiger partial charge in [0.25, 0.3) is 11.8 Å². The largest absolute Gasteiger partial charge is 0.493 e. The predicted molar refractivity (Wildman–Crippen MR) is 104 cm³/mol. The number of aryl methyl sites for hydroxylation is 1. The Balaban J connectivity index is 1.80. The minimum Gasteiger partial charge on any atom is -0.493 e. The first kappa shape index (κ1) is 19.7. The Morgan fingerprint density at radius 2 is 1.89 bits per heavy atom. The summed E-state index contributed by atoms with van der Waals surface area (Å²) < 4.78 is 10.7. The van der Waals surface area contributed by atoms with Gasteiger partial charge >= 0.3 is 0 Å². The van der Waals surface area contributed by atoms with Crippen LogP contribution in [0.25, 0.3) is 0 Å². The lowest BCUT2D eigenvalue weighted by Crippen LogP contribution is -2.56. The second kappa shape index (κ2) is 8.33. The lowest BCUT2D eigenvalue weighted by Gasteiger charge is -2.41. The molecule has 1 aliphatic heterocycles. The topological polar surface area (TPSA) is 87.8 Å². The fourth-order valence-corrected chi connectivity index (χ4v) is 3.57. The Kier molecular flexibility index (Phi) is 5.87. The molecule has 0 radical (unpaired) electrons. The zero-order valence-electron chi connectivity index (χ0n) is 16.7. The van der Waals surface area contributed by atoms with E-state index in [9.17, 15) is 9.59 Å². The molecule has 0 saturated carbocycles. The van der Waals surface area contributed by atoms with Gasteiger partial charge in [0.05, 0.1) is 26.0 Å². The van der Waals surface area contributed by atoms with Crippen LogP contribution in [0.4, 0.5) is 0 Å². The first-order valence-corrected chi connectivity index (χ1v) is 9.31. The minimum atomic E-state index is -0.0680. The first-order chi connectivity index (χ1) is 13.5. The van der Waals surface area contributed by atoms with E-state index in [-0.39, 0.29) is 17.9 Å². The van der Waals surface area contributed by atoms with Crippen molar-refractivity contribution in [3.8, 4) is 11.5 Å². The van der Waals surface area contributed by atoms with E-state index in [2.05, 4.69) is 10.2 Å². The number of nitrogens with zero attached hydrogens (tertiary/aromatic N) is 3. The van der Waals surface area contributed by atoms with E-state index < -0.39 is 0 Å². The lowest BCUT2D eigenvalue weighted by molar-refractivity contribution is 0.0379. The van der Waals surface area contributed by atoms with Crippen LogP contribution in [0.3, 0.4) is 0 Å². The van der Waals surface area contributed by atoms with Crippen molar-refractivity contribution in [2.45, 2.75) is 26.3 Å². The molecule has 1 aromatic carbocycles. The van der Waals surface area contributed by atoms with Crippen LogP contribution in [-0.2, 0) is 0 Å². The molecule has 2 amide bonds. The van der Waals surface area contributed by atoms with E-state index in [0.29, 0.717) is 42.3 Å². The van der Waals surface area contributed by atoms with E-state index in [1.807, 2.05) is 24.8 Å². The number of carbonyl (C=O) groups is 2. The SMILES string of the molecule is CCC1CN(C(=O)c2cn[nH]c2)CCN1C(=O)c1cc(OC)c(OC)cc1C. The number of piperazine rings is 1. The number of benzene rings is 1. The van der Waals surface area contributed by atoms with E-state index in [0.717, 1.165) is 12.0 Å². The van der Waals surface area contributed by atoms with Crippen LogP contribution >= 0.6 is 0 Å². The molecule has 0 aliphatic carbocycles. The van der Waals surface area contributed by atoms with Crippen LogP contribution in [0.5, 0.6) is 11.5 Å². The molecule has 1 N–H and O–H groups in total. The van der Waals surface area contributed by atoms with E-state index in [1.54, 1.807) is 31.4 Å². The zero-order chi connectivity index (χ0) is 20.3. The maximum absolute atomic E-state index is 13.3. The highest BCUT2D eigenvalue weighted by Gasteiger charge is 2.33. The van der Waals surface area contributed by atoms with Gasteiger partial charge < -0.3 is 19.3 Å². The van der Waals surface area contributed by atoms with Gasteiger partial charge in [-0.1, -0.05) is 6.92 Å². The highest BCUT2D eigenvalue weighted by molar-refractivity contribution is 5.97. The minimum absolute atomic E-state index is 0.0513. The third-order valence-corrected chi connectivity index (χ3v) is 5.21. The highest BCUT2D eigenvalue weighted by Crippen LogP contribution is 2.31. The number of methoxy groups -OCH3 is 2. The molecule has 1 aromatic heterocycles. The number of rotatable bonds is 5. The van der Waals surface area contributed by atoms with Gasteiger partial charge in [0.2, 0.25) is 0 Å². The molecular weight excluding hydrogens is 360 g/mol. The number of amides is 2. The molecule has 2 heterocycles. The van der Waals surface area contributed by atoms with E-state index >= 15 is 0 Å². The number of ether oxygens (including phenoxy) is 2. The summed E-state index contributed by atoms with van der Waals surface area (Å²) in [6, 6.07) is 3.49. The summed E-state index contributed by atoms with van der Waals surface area (Å²) in [5.41, 5.74) is 1.95. The molecule has 1 unspecified atom stereocenters. The average Bonchev–Trinajstić information content (AvgIpc) is 3.26. The van der Waals surface area contributed by atoms with Crippen molar-refractivity contribution in [1.29, 1.82) is 0 Å². The summed E-state index contributed by atoms with van der Waals surface area (Å²) >= 11 is 0. The molecule has 28 heavy (non-hydrogen) atoms. The number of nitrogens with one attached hydrogen (secondary N) is 1. The molecule has 1 aliphatic rings. The number of carbonyl (C=O) groups excluding carboxylic acids is 2. The molecular formula is C20H26N4O4. The second-order valence-electron chi connectivity index (χ2n) is 6.82. The van der Waals surface area contributed by atoms with Gasteiger partial charge in [-0.25, -0.2) is 0 Å². The van der Waals surface area contributed by atoms with Crippen LogP contribution in [0, 0.1) is 6.92 Å².